The Hall–Kier alpha value is -1.79. The number of hydrogen-bond acceptors (Lipinski definition) is 4. The summed E-state index contributed by atoms with van der Waals surface area (Å²) in [5.74, 6) is 0.525. The summed E-state index contributed by atoms with van der Waals surface area (Å²) in [5, 5.41) is 5.85. The summed E-state index contributed by atoms with van der Waals surface area (Å²) in [4.78, 5) is 18.9. The van der Waals surface area contributed by atoms with Gasteiger partial charge in [-0.05, 0) is 44.5 Å². The quantitative estimate of drug-likeness (QED) is 0.904. The van der Waals surface area contributed by atoms with Crippen LogP contribution in [0.5, 0.6) is 0 Å². The Bertz CT molecular complexity index is 695. The van der Waals surface area contributed by atoms with E-state index in [0.29, 0.717) is 12.3 Å². The maximum atomic E-state index is 13.3. The van der Waals surface area contributed by atoms with Gasteiger partial charge in [-0.25, -0.2) is 9.37 Å². The molecule has 6 heteroatoms. The molecule has 0 aliphatic carbocycles. The number of nitrogens with zero attached hydrogens (tertiary/aromatic N) is 2. The summed E-state index contributed by atoms with van der Waals surface area (Å²) in [6.45, 7) is 2.67. The average molecular weight is 347 g/mol. The zero-order chi connectivity index (χ0) is 16.9. The molecule has 128 valence electrons. The van der Waals surface area contributed by atoms with Crippen LogP contribution in [0.2, 0.25) is 0 Å². The number of likely N-dealkylation sites (tertiary alicyclic amines) is 1. The van der Waals surface area contributed by atoms with Crippen molar-refractivity contribution in [3.05, 3.63) is 41.2 Å². The van der Waals surface area contributed by atoms with Crippen molar-refractivity contribution in [2.45, 2.75) is 19.3 Å². The third-order valence-corrected chi connectivity index (χ3v) is 5.36. The summed E-state index contributed by atoms with van der Waals surface area (Å²) in [6, 6.07) is 6.39. The van der Waals surface area contributed by atoms with Crippen molar-refractivity contribution in [3.63, 3.8) is 0 Å². The molecule has 0 bridgehead atoms. The first-order valence-electron chi connectivity index (χ1n) is 8.28. The van der Waals surface area contributed by atoms with Crippen LogP contribution in [0, 0.1) is 11.7 Å². The molecular formula is C18H22FN3OS. The van der Waals surface area contributed by atoms with Crippen LogP contribution in [0.4, 0.5) is 4.39 Å². The first-order chi connectivity index (χ1) is 11.7. The fraction of sp³-hybridized carbons (Fsp3) is 0.444. The van der Waals surface area contributed by atoms with E-state index in [4.69, 9.17) is 0 Å². The Morgan fingerprint density at radius 3 is 2.92 bits per heavy atom. The molecule has 0 spiro atoms. The SMILES string of the molecule is CNCC1CCN(C(=O)Cc2csc(-c3cccc(F)c3)n2)CC1. The molecule has 1 saturated heterocycles. The number of amides is 1. The molecule has 1 aromatic carbocycles. The second kappa shape index (κ2) is 7.85. The molecule has 1 amide bonds. The van der Waals surface area contributed by atoms with E-state index in [1.165, 1.54) is 23.5 Å². The number of carbonyl (C=O) groups is 1. The van der Waals surface area contributed by atoms with Crippen molar-refractivity contribution in [2.24, 2.45) is 5.92 Å². The van der Waals surface area contributed by atoms with E-state index in [1.807, 2.05) is 23.4 Å². The number of halogens is 1. The summed E-state index contributed by atoms with van der Waals surface area (Å²) in [7, 11) is 1.97. The number of thiazole rings is 1. The first kappa shape index (κ1) is 17.0. The van der Waals surface area contributed by atoms with Crippen LogP contribution in [0.1, 0.15) is 18.5 Å². The lowest BCUT2D eigenvalue weighted by Gasteiger charge is -2.31. The number of hydrogen-bond donors (Lipinski definition) is 1. The Morgan fingerprint density at radius 1 is 1.42 bits per heavy atom. The molecule has 1 aliphatic rings. The van der Waals surface area contributed by atoms with Crippen LogP contribution < -0.4 is 5.32 Å². The smallest absolute Gasteiger partial charge is 0.228 e. The fourth-order valence-electron chi connectivity index (χ4n) is 3.08. The lowest BCUT2D eigenvalue weighted by atomic mass is 9.96. The predicted octanol–water partition coefficient (Wildman–Crippen LogP) is 2.95. The molecule has 1 aliphatic heterocycles. The molecule has 3 rings (SSSR count). The van der Waals surface area contributed by atoms with E-state index in [1.54, 1.807) is 6.07 Å². The number of rotatable bonds is 5. The molecule has 2 aromatic rings. The minimum atomic E-state index is -0.273. The fourth-order valence-corrected chi connectivity index (χ4v) is 3.90. The van der Waals surface area contributed by atoms with Gasteiger partial charge in [0.25, 0.3) is 0 Å². The monoisotopic (exact) mass is 347 g/mol. The molecule has 24 heavy (non-hydrogen) atoms. The molecule has 1 fully saturated rings. The minimum absolute atomic E-state index is 0.133. The normalized spacial score (nSPS) is 15.7. The number of carbonyl (C=O) groups excluding carboxylic acids is 1. The average Bonchev–Trinajstić information content (AvgIpc) is 3.04. The van der Waals surface area contributed by atoms with E-state index in [2.05, 4.69) is 10.3 Å². The third-order valence-electron chi connectivity index (χ3n) is 4.42. The molecule has 0 saturated carbocycles. The number of nitrogens with one attached hydrogen (secondary N) is 1. The molecule has 0 atom stereocenters. The van der Waals surface area contributed by atoms with Gasteiger partial charge in [0.2, 0.25) is 5.91 Å². The predicted molar refractivity (Wildman–Crippen MR) is 94.4 cm³/mol. The number of piperidine rings is 1. The summed E-state index contributed by atoms with van der Waals surface area (Å²) in [5.41, 5.74) is 1.52. The van der Waals surface area contributed by atoms with E-state index in [-0.39, 0.29) is 11.7 Å². The Morgan fingerprint density at radius 2 is 2.21 bits per heavy atom. The highest BCUT2D eigenvalue weighted by Crippen LogP contribution is 2.25. The zero-order valence-electron chi connectivity index (χ0n) is 13.8. The third kappa shape index (κ3) is 4.19. The Labute approximate surface area is 145 Å². The molecular weight excluding hydrogens is 325 g/mol. The van der Waals surface area contributed by atoms with Crippen molar-refractivity contribution in [2.75, 3.05) is 26.7 Å². The molecule has 2 heterocycles. The van der Waals surface area contributed by atoms with Crippen molar-refractivity contribution < 1.29 is 9.18 Å². The number of aromatic nitrogens is 1. The summed E-state index contributed by atoms with van der Waals surface area (Å²) in [6.07, 6.45) is 2.43. The van der Waals surface area contributed by atoms with Crippen molar-refractivity contribution in [3.8, 4) is 10.6 Å². The second-order valence-electron chi connectivity index (χ2n) is 6.21. The second-order valence-corrected chi connectivity index (χ2v) is 7.07. The van der Waals surface area contributed by atoms with Gasteiger partial charge in [0, 0.05) is 24.0 Å². The van der Waals surface area contributed by atoms with E-state index in [0.717, 1.165) is 48.7 Å². The van der Waals surface area contributed by atoms with Crippen LogP contribution in [0.3, 0.4) is 0 Å². The largest absolute Gasteiger partial charge is 0.342 e. The highest BCUT2D eigenvalue weighted by molar-refractivity contribution is 7.13. The minimum Gasteiger partial charge on any atom is -0.342 e. The molecule has 1 aromatic heterocycles. The van der Waals surface area contributed by atoms with Crippen molar-refractivity contribution >= 4 is 17.2 Å². The van der Waals surface area contributed by atoms with Crippen LogP contribution in [-0.4, -0.2) is 42.5 Å². The topological polar surface area (TPSA) is 45.2 Å². The van der Waals surface area contributed by atoms with Gasteiger partial charge in [0.05, 0.1) is 12.1 Å². The standard InChI is InChI=1S/C18H22FN3OS/c1-20-11-13-5-7-22(8-6-13)17(23)10-16-12-24-18(21-16)14-3-2-4-15(19)9-14/h2-4,9,12-13,20H,5-8,10-11H2,1H3. The van der Waals surface area contributed by atoms with Gasteiger partial charge in [-0.2, -0.15) is 0 Å². The maximum absolute atomic E-state index is 13.3. The van der Waals surface area contributed by atoms with Gasteiger partial charge in [0.1, 0.15) is 10.8 Å². The van der Waals surface area contributed by atoms with Gasteiger partial charge in [-0.1, -0.05) is 12.1 Å². The van der Waals surface area contributed by atoms with E-state index < -0.39 is 0 Å². The lowest BCUT2D eigenvalue weighted by molar-refractivity contribution is -0.131. The van der Waals surface area contributed by atoms with E-state index >= 15 is 0 Å². The highest BCUT2D eigenvalue weighted by atomic mass is 32.1. The van der Waals surface area contributed by atoms with Gasteiger partial charge < -0.3 is 10.2 Å². The summed E-state index contributed by atoms with van der Waals surface area (Å²) >= 11 is 1.45. The lowest BCUT2D eigenvalue weighted by Crippen LogP contribution is -2.41. The van der Waals surface area contributed by atoms with E-state index in [9.17, 15) is 9.18 Å². The van der Waals surface area contributed by atoms with Crippen LogP contribution in [0.25, 0.3) is 10.6 Å². The first-order valence-corrected chi connectivity index (χ1v) is 9.16. The van der Waals surface area contributed by atoms with Crippen LogP contribution in [-0.2, 0) is 11.2 Å². The maximum Gasteiger partial charge on any atom is 0.228 e. The molecule has 1 N–H and O–H groups in total. The van der Waals surface area contributed by atoms with Crippen molar-refractivity contribution in [1.29, 1.82) is 0 Å². The van der Waals surface area contributed by atoms with Gasteiger partial charge in [-0.15, -0.1) is 11.3 Å². The van der Waals surface area contributed by atoms with Crippen LogP contribution >= 0.6 is 11.3 Å². The van der Waals surface area contributed by atoms with Gasteiger partial charge in [-0.3, -0.25) is 4.79 Å². The van der Waals surface area contributed by atoms with Gasteiger partial charge >= 0.3 is 0 Å². The molecule has 4 nitrogen and oxygen atoms in total. The number of benzene rings is 1. The van der Waals surface area contributed by atoms with Crippen molar-refractivity contribution in [1.82, 2.24) is 15.2 Å². The molecule has 0 radical (unpaired) electrons. The zero-order valence-corrected chi connectivity index (χ0v) is 14.6. The Kier molecular flexibility index (Phi) is 5.58. The molecule has 0 unspecified atom stereocenters. The van der Waals surface area contributed by atoms with Gasteiger partial charge in [0.15, 0.2) is 0 Å². The Balaban J connectivity index is 1.58. The highest BCUT2D eigenvalue weighted by Gasteiger charge is 2.23. The summed E-state index contributed by atoms with van der Waals surface area (Å²) < 4.78 is 13.3. The van der Waals surface area contributed by atoms with Crippen LogP contribution in [0.15, 0.2) is 29.6 Å².